The fraction of sp³-hybridized carbons (Fsp3) is 0.588. The third kappa shape index (κ3) is 1.87. The lowest BCUT2D eigenvalue weighted by atomic mass is 9.67. The second-order valence-corrected chi connectivity index (χ2v) is 7.37. The van der Waals surface area contributed by atoms with Crippen LogP contribution < -0.4 is 0 Å². The molecule has 1 aromatic carbocycles. The van der Waals surface area contributed by atoms with Crippen molar-refractivity contribution in [2.75, 3.05) is 0 Å². The van der Waals surface area contributed by atoms with E-state index in [2.05, 4.69) is 37.3 Å². The molecule has 102 valence electrons. The number of rotatable bonds is 4. The molecule has 1 nitrogen and oxygen atoms in total. The summed E-state index contributed by atoms with van der Waals surface area (Å²) < 4.78 is 0. The maximum absolute atomic E-state index is 11.8. The van der Waals surface area contributed by atoms with Crippen LogP contribution in [0.15, 0.2) is 35.2 Å². The standard InChI is InChI=1S/C17H22OS/c1-2-17-11-6-10-16(17,13-18)12-9-15(17)19-14-7-4-3-5-8-14/h3-5,7-8,13,15H,2,6,9-12H2,1H3/t15-,16+,17-/m0/s1. The number of hydrogen-bond acceptors (Lipinski definition) is 2. The Bertz CT molecular complexity index is 458. The van der Waals surface area contributed by atoms with Gasteiger partial charge in [-0.25, -0.2) is 0 Å². The first-order chi connectivity index (χ1) is 9.26. The molecule has 0 saturated heterocycles. The van der Waals surface area contributed by atoms with E-state index in [1.165, 1.54) is 30.4 Å². The number of carbonyl (C=O) groups excluding carboxylic acids is 1. The second kappa shape index (κ2) is 4.97. The maximum Gasteiger partial charge on any atom is 0.126 e. The third-order valence-corrected chi connectivity index (χ3v) is 7.10. The van der Waals surface area contributed by atoms with Crippen molar-refractivity contribution in [1.82, 2.24) is 0 Å². The van der Waals surface area contributed by atoms with Crippen LogP contribution in [0, 0.1) is 10.8 Å². The van der Waals surface area contributed by atoms with Crippen molar-refractivity contribution in [3.63, 3.8) is 0 Å². The number of thioether (sulfide) groups is 1. The monoisotopic (exact) mass is 274 g/mol. The Morgan fingerprint density at radius 2 is 2.05 bits per heavy atom. The van der Waals surface area contributed by atoms with E-state index in [0.717, 1.165) is 19.3 Å². The van der Waals surface area contributed by atoms with Crippen LogP contribution in [0.1, 0.15) is 45.4 Å². The average Bonchev–Trinajstić information content (AvgIpc) is 2.96. The lowest BCUT2D eigenvalue weighted by Crippen LogP contribution is -2.39. The highest BCUT2D eigenvalue weighted by molar-refractivity contribution is 8.00. The summed E-state index contributed by atoms with van der Waals surface area (Å²) in [6, 6.07) is 10.7. The Morgan fingerprint density at radius 3 is 2.74 bits per heavy atom. The molecule has 19 heavy (non-hydrogen) atoms. The summed E-state index contributed by atoms with van der Waals surface area (Å²) >= 11 is 2.01. The summed E-state index contributed by atoms with van der Waals surface area (Å²) in [7, 11) is 0. The molecule has 0 amide bonds. The molecule has 2 aliphatic carbocycles. The van der Waals surface area contributed by atoms with Crippen molar-refractivity contribution in [2.45, 2.75) is 55.6 Å². The third-order valence-electron chi connectivity index (χ3n) is 5.58. The highest BCUT2D eigenvalue weighted by Gasteiger charge is 2.61. The molecule has 2 heteroatoms. The molecule has 0 aliphatic heterocycles. The Balaban J connectivity index is 1.89. The van der Waals surface area contributed by atoms with E-state index in [1.807, 2.05) is 11.8 Å². The molecular weight excluding hydrogens is 252 g/mol. The van der Waals surface area contributed by atoms with E-state index in [-0.39, 0.29) is 10.8 Å². The first-order valence-corrected chi connectivity index (χ1v) is 8.32. The van der Waals surface area contributed by atoms with E-state index in [9.17, 15) is 4.79 Å². The summed E-state index contributed by atoms with van der Waals surface area (Å²) in [5.74, 6) is 0. The molecule has 0 heterocycles. The molecule has 0 spiro atoms. The molecular formula is C17H22OS. The number of fused-ring (bicyclic) bond motifs is 1. The minimum Gasteiger partial charge on any atom is -0.303 e. The fourth-order valence-electron chi connectivity index (χ4n) is 4.56. The molecule has 0 radical (unpaired) electrons. The van der Waals surface area contributed by atoms with Crippen molar-refractivity contribution >= 4 is 18.0 Å². The van der Waals surface area contributed by atoms with Crippen LogP contribution in [0.5, 0.6) is 0 Å². The Morgan fingerprint density at radius 1 is 1.26 bits per heavy atom. The van der Waals surface area contributed by atoms with Crippen LogP contribution >= 0.6 is 11.8 Å². The van der Waals surface area contributed by atoms with Crippen molar-refractivity contribution < 1.29 is 4.79 Å². The van der Waals surface area contributed by atoms with Crippen LogP contribution in [0.25, 0.3) is 0 Å². The van der Waals surface area contributed by atoms with Gasteiger partial charge >= 0.3 is 0 Å². The van der Waals surface area contributed by atoms with Gasteiger partial charge in [-0.1, -0.05) is 31.5 Å². The molecule has 0 N–H and O–H groups in total. The van der Waals surface area contributed by atoms with Gasteiger partial charge in [0.05, 0.1) is 0 Å². The van der Waals surface area contributed by atoms with E-state index >= 15 is 0 Å². The van der Waals surface area contributed by atoms with E-state index in [1.54, 1.807) is 0 Å². The number of aldehydes is 1. The smallest absolute Gasteiger partial charge is 0.126 e. The quantitative estimate of drug-likeness (QED) is 0.740. The highest BCUT2D eigenvalue weighted by Crippen LogP contribution is 2.66. The number of carbonyl (C=O) groups is 1. The van der Waals surface area contributed by atoms with Crippen molar-refractivity contribution in [3.05, 3.63) is 30.3 Å². The van der Waals surface area contributed by atoms with Gasteiger partial charge in [-0.15, -0.1) is 11.8 Å². The minimum absolute atomic E-state index is 0.00576. The molecule has 0 unspecified atom stereocenters. The summed E-state index contributed by atoms with van der Waals surface area (Å²) in [5.41, 5.74) is 0.253. The molecule has 2 saturated carbocycles. The second-order valence-electron chi connectivity index (χ2n) is 6.10. The zero-order valence-electron chi connectivity index (χ0n) is 11.6. The maximum atomic E-state index is 11.8. The minimum atomic E-state index is -0.00576. The van der Waals surface area contributed by atoms with Gasteiger partial charge in [-0.2, -0.15) is 0 Å². The normalized spacial score (nSPS) is 37.2. The predicted octanol–water partition coefficient (Wildman–Crippen LogP) is 4.71. The lowest BCUT2D eigenvalue weighted by Gasteiger charge is -2.40. The molecule has 3 atom stereocenters. The van der Waals surface area contributed by atoms with E-state index < -0.39 is 0 Å². The van der Waals surface area contributed by atoms with Crippen LogP contribution in [0.4, 0.5) is 0 Å². The largest absolute Gasteiger partial charge is 0.303 e. The first-order valence-electron chi connectivity index (χ1n) is 7.44. The zero-order chi connectivity index (χ0) is 13.3. The first kappa shape index (κ1) is 13.2. The van der Waals surface area contributed by atoms with Gasteiger partial charge < -0.3 is 4.79 Å². The Kier molecular flexibility index (Phi) is 3.46. The molecule has 2 fully saturated rings. The number of benzene rings is 1. The summed E-state index contributed by atoms with van der Waals surface area (Å²) in [6.45, 7) is 2.29. The van der Waals surface area contributed by atoms with Crippen LogP contribution in [0.2, 0.25) is 0 Å². The zero-order valence-corrected chi connectivity index (χ0v) is 12.4. The van der Waals surface area contributed by atoms with Gasteiger partial charge in [0.2, 0.25) is 0 Å². The van der Waals surface area contributed by atoms with Crippen LogP contribution in [-0.2, 0) is 4.79 Å². The van der Waals surface area contributed by atoms with E-state index in [0.29, 0.717) is 5.25 Å². The van der Waals surface area contributed by atoms with Crippen molar-refractivity contribution in [3.8, 4) is 0 Å². The highest BCUT2D eigenvalue weighted by atomic mass is 32.2. The van der Waals surface area contributed by atoms with Gasteiger partial charge in [0, 0.05) is 15.6 Å². The molecule has 0 aromatic heterocycles. The Labute approximate surface area is 120 Å². The van der Waals surface area contributed by atoms with Gasteiger partial charge in [-0.05, 0) is 49.7 Å². The topological polar surface area (TPSA) is 17.1 Å². The number of hydrogen-bond donors (Lipinski definition) is 0. The molecule has 0 bridgehead atoms. The fourth-order valence-corrected chi connectivity index (χ4v) is 6.19. The summed E-state index contributed by atoms with van der Waals surface area (Å²) in [4.78, 5) is 13.1. The molecule has 2 aliphatic rings. The summed E-state index contributed by atoms with van der Waals surface area (Å²) in [5, 5.41) is 0.618. The summed E-state index contributed by atoms with van der Waals surface area (Å²) in [6.07, 6.45) is 8.37. The van der Waals surface area contributed by atoms with E-state index in [4.69, 9.17) is 0 Å². The molecule has 3 rings (SSSR count). The lowest BCUT2D eigenvalue weighted by molar-refractivity contribution is -0.120. The Hall–Kier alpha value is -0.760. The molecule has 1 aromatic rings. The van der Waals surface area contributed by atoms with Crippen molar-refractivity contribution in [1.29, 1.82) is 0 Å². The van der Waals surface area contributed by atoms with Gasteiger partial charge in [-0.3, -0.25) is 0 Å². The SMILES string of the molecule is CC[C@@]12CCC[C@]1(C=O)CC[C@@H]2Sc1ccccc1. The predicted molar refractivity (Wildman–Crippen MR) is 80.4 cm³/mol. The van der Waals surface area contributed by atoms with Gasteiger partial charge in [0.25, 0.3) is 0 Å². The van der Waals surface area contributed by atoms with Gasteiger partial charge in [0.1, 0.15) is 6.29 Å². The van der Waals surface area contributed by atoms with Gasteiger partial charge in [0.15, 0.2) is 0 Å². The van der Waals surface area contributed by atoms with Crippen LogP contribution in [-0.4, -0.2) is 11.5 Å². The average molecular weight is 274 g/mol. The van der Waals surface area contributed by atoms with Crippen LogP contribution in [0.3, 0.4) is 0 Å². The van der Waals surface area contributed by atoms with Crippen molar-refractivity contribution in [2.24, 2.45) is 10.8 Å².